The van der Waals surface area contributed by atoms with Gasteiger partial charge in [-0.15, -0.1) is 0 Å². The van der Waals surface area contributed by atoms with Crippen LogP contribution >= 0.6 is 11.6 Å². The molecule has 0 aliphatic carbocycles. The van der Waals surface area contributed by atoms with Crippen LogP contribution in [0.5, 0.6) is 5.75 Å². The molecule has 0 bridgehead atoms. The first-order valence-electron chi connectivity index (χ1n) is 11.3. The molecule has 3 aromatic rings. The summed E-state index contributed by atoms with van der Waals surface area (Å²) in [4.78, 5) is 11.5. The van der Waals surface area contributed by atoms with Gasteiger partial charge in [0.05, 0.1) is 5.03 Å². The molecule has 6 heteroatoms. The molecule has 0 aliphatic heterocycles. The molecule has 0 amide bonds. The summed E-state index contributed by atoms with van der Waals surface area (Å²) in [5.41, 5.74) is 4.19. The number of hydrogen-bond donors (Lipinski definition) is 2. The fourth-order valence-corrected chi connectivity index (χ4v) is 3.65. The van der Waals surface area contributed by atoms with Gasteiger partial charge in [-0.25, -0.2) is 4.79 Å². The van der Waals surface area contributed by atoms with Crippen molar-refractivity contribution in [1.82, 2.24) is 4.90 Å². The van der Waals surface area contributed by atoms with Crippen molar-refractivity contribution in [3.8, 4) is 5.75 Å². The van der Waals surface area contributed by atoms with E-state index >= 15 is 0 Å². The van der Waals surface area contributed by atoms with E-state index in [1.807, 2.05) is 60.7 Å². The van der Waals surface area contributed by atoms with Crippen LogP contribution in [0, 0.1) is 0 Å². The first-order chi connectivity index (χ1) is 16.5. The van der Waals surface area contributed by atoms with Crippen molar-refractivity contribution in [3.05, 3.63) is 102 Å². The van der Waals surface area contributed by atoms with Gasteiger partial charge in [-0.05, 0) is 41.9 Å². The third-order valence-corrected chi connectivity index (χ3v) is 5.57. The monoisotopic (exact) mass is 481 g/mol. The number of ether oxygens (including phenoxy) is 1. The summed E-state index contributed by atoms with van der Waals surface area (Å²) in [6.07, 6.45) is 0. The quantitative estimate of drug-likeness (QED) is 0.367. The van der Waals surface area contributed by atoms with Crippen molar-refractivity contribution in [2.45, 2.75) is 13.8 Å². The number of hydrogen-bond acceptors (Lipinski definition) is 4. The standard InChI is InChI=1S/C26H28ClNO.C2H4O3/c1-3-28(4-2)19-20-29-24-17-15-22(16-18-24)25(21-11-7-5-8-12-21)26(27)23-13-9-6-10-14-23;3-1-2(4)5/h5-18H,3-4,19-20H2,1-2H3;3H,1H2,(H,4,5)/b26-25-;. The van der Waals surface area contributed by atoms with E-state index in [9.17, 15) is 0 Å². The number of aliphatic carboxylic acids is 1. The molecule has 0 atom stereocenters. The minimum absolute atomic E-state index is 0.688. The number of benzene rings is 3. The molecule has 5 nitrogen and oxygen atoms in total. The van der Waals surface area contributed by atoms with Gasteiger partial charge in [-0.2, -0.15) is 0 Å². The highest BCUT2D eigenvalue weighted by atomic mass is 35.5. The van der Waals surface area contributed by atoms with Crippen LogP contribution in [0.4, 0.5) is 0 Å². The number of halogens is 1. The van der Waals surface area contributed by atoms with E-state index in [0.717, 1.165) is 52.7 Å². The highest BCUT2D eigenvalue weighted by Crippen LogP contribution is 2.35. The molecule has 3 rings (SSSR count). The predicted molar refractivity (Wildman–Crippen MR) is 139 cm³/mol. The number of aliphatic hydroxyl groups excluding tert-OH is 1. The Labute approximate surface area is 206 Å². The zero-order chi connectivity index (χ0) is 24.8. The molecule has 3 aromatic carbocycles. The Bertz CT molecular complexity index is 1020. The Kier molecular flexibility index (Phi) is 11.9. The number of carboxylic acids is 1. The Morgan fingerprint density at radius 1 is 0.824 bits per heavy atom. The Morgan fingerprint density at radius 3 is 1.76 bits per heavy atom. The summed E-state index contributed by atoms with van der Waals surface area (Å²) in [6, 6.07) is 28.6. The summed E-state index contributed by atoms with van der Waals surface area (Å²) in [5, 5.41) is 15.8. The summed E-state index contributed by atoms with van der Waals surface area (Å²) < 4.78 is 5.94. The molecule has 180 valence electrons. The number of carbonyl (C=O) groups is 1. The maximum atomic E-state index is 9.12. The van der Waals surface area contributed by atoms with Gasteiger partial charge in [0.15, 0.2) is 0 Å². The smallest absolute Gasteiger partial charge is 0.329 e. The van der Waals surface area contributed by atoms with Gasteiger partial charge in [0, 0.05) is 12.1 Å². The second kappa shape index (κ2) is 14.9. The van der Waals surface area contributed by atoms with Crippen LogP contribution in [-0.4, -0.2) is 53.9 Å². The molecular weight excluding hydrogens is 450 g/mol. The normalized spacial score (nSPS) is 11.3. The van der Waals surface area contributed by atoms with Gasteiger partial charge in [-0.3, -0.25) is 0 Å². The molecule has 0 saturated carbocycles. The van der Waals surface area contributed by atoms with Crippen molar-refractivity contribution in [2.24, 2.45) is 0 Å². The highest BCUT2D eigenvalue weighted by Gasteiger charge is 2.12. The maximum absolute atomic E-state index is 9.12. The predicted octanol–water partition coefficient (Wildman–Crippen LogP) is 5.63. The topological polar surface area (TPSA) is 70.0 Å². The zero-order valence-electron chi connectivity index (χ0n) is 19.7. The lowest BCUT2D eigenvalue weighted by Gasteiger charge is -2.18. The maximum Gasteiger partial charge on any atom is 0.329 e. The molecule has 0 unspecified atom stereocenters. The van der Waals surface area contributed by atoms with Crippen molar-refractivity contribution in [1.29, 1.82) is 0 Å². The van der Waals surface area contributed by atoms with E-state index in [1.54, 1.807) is 0 Å². The van der Waals surface area contributed by atoms with Gasteiger partial charge in [-0.1, -0.05) is 98.2 Å². The minimum Gasteiger partial charge on any atom is -0.492 e. The van der Waals surface area contributed by atoms with E-state index in [-0.39, 0.29) is 0 Å². The number of likely N-dealkylation sites (N-methyl/N-ethyl adjacent to an activating group) is 1. The average molecular weight is 482 g/mol. The largest absolute Gasteiger partial charge is 0.492 e. The van der Waals surface area contributed by atoms with Gasteiger partial charge in [0.1, 0.15) is 19.0 Å². The molecule has 34 heavy (non-hydrogen) atoms. The molecule has 0 radical (unpaired) electrons. The van der Waals surface area contributed by atoms with Crippen molar-refractivity contribution in [3.63, 3.8) is 0 Å². The summed E-state index contributed by atoms with van der Waals surface area (Å²) in [5.74, 6) is -0.311. The average Bonchev–Trinajstić information content (AvgIpc) is 2.89. The fourth-order valence-electron chi connectivity index (χ4n) is 3.30. The molecule has 0 spiro atoms. The third-order valence-electron chi connectivity index (χ3n) is 5.16. The molecular formula is C28H32ClNO4. The summed E-state index contributed by atoms with van der Waals surface area (Å²) in [7, 11) is 0. The molecule has 0 saturated heterocycles. The van der Waals surface area contributed by atoms with Crippen LogP contribution in [0.25, 0.3) is 10.6 Å². The lowest BCUT2D eigenvalue weighted by Crippen LogP contribution is -2.27. The lowest BCUT2D eigenvalue weighted by molar-refractivity contribution is -0.140. The number of carboxylic acid groups (broad SMARTS) is 1. The van der Waals surface area contributed by atoms with Crippen LogP contribution in [0.15, 0.2) is 84.9 Å². The second-order valence-corrected chi connectivity index (χ2v) is 7.75. The van der Waals surface area contributed by atoms with E-state index in [4.69, 9.17) is 31.3 Å². The van der Waals surface area contributed by atoms with Crippen molar-refractivity contribution in [2.75, 3.05) is 32.8 Å². The van der Waals surface area contributed by atoms with E-state index in [2.05, 4.69) is 43.0 Å². The van der Waals surface area contributed by atoms with Gasteiger partial charge >= 0.3 is 5.97 Å². The number of nitrogens with zero attached hydrogens (tertiary/aromatic N) is 1. The molecule has 0 heterocycles. The summed E-state index contributed by atoms with van der Waals surface area (Å²) >= 11 is 6.87. The van der Waals surface area contributed by atoms with Gasteiger partial charge in [0.25, 0.3) is 0 Å². The third kappa shape index (κ3) is 8.67. The number of rotatable bonds is 10. The Hall–Kier alpha value is -3.12. The Balaban J connectivity index is 0.000000739. The van der Waals surface area contributed by atoms with Crippen molar-refractivity contribution >= 4 is 28.2 Å². The first-order valence-corrected chi connectivity index (χ1v) is 11.7. The number of aliphatic hydroxyl groups is 1. The van der Waals surface area contributed by atoms with Crippen molar-refractivity contribution < 1.29 is 19.7 Å². The zero-order valence-corrected chi connectivity index (χ0v) is 20.4. The van der Waals surface area contributed by atoms with Crippen LogP contribution in [0.3, 0.4) is 0 Å². The molecule has 0 aliphatic rings. The molecule has 0 fully saturated rings. The van der Waals surface area contributed by atoms with Crippen LogP contribution in [-0.2, 0) is 4.79 Å². The van der Waals surface area contributed by atoms with Crippen LogP contribution in [0.1, 0.15) is 30.5 Å². The summed E-state index contributed by atoms with van der Waals surface area (Å²) in [6.45, 7) is 7.28. The highest BCUT2D eigenvalue weighted by molar-refractivity contribution is 6.53. The fraction of sp³-hybridized carbons (Fsp3) is 0.250. The molecule has 0 aromatic heterocycles. The SMILES string of the molecule is CCN(CC)CCOc1ccc(/C(=C(\Cl)c2ccccc2)c2ccccc2)cc1.O=C(O)CO. The first kappa shape index (κ1) is 27.1. The van der Waals surface area contributed by atoms with Gasteiger partial charge < -0.3 is 19.8 Å². The lowest BCUT2D eigenvalue weighted by atomic mass is 9.95. The van der Waals surface area contributed by atoms with E-state index in [0.29, 0.717) is 6.61 Å². The van der Waals surface area contributed by atoms with E-state index in [1.165, 1.54) is 0 Å². The van der Waals surface area contributed by atoms with Gasteiger partial charge in [0.2, 0.25) is 0 Å². The van der Waals surface area contributed by atoms with Crippen LogP contribution in [0.2, 0.25) is 0 Å². The van der Waals surface area contributed by atoms with Crippen LogP contribution < -0.4 is 4.74 Å². The molecule has 2 N–H and O–H groups in total. The Morgan fingerprint density at radius 2 is 1.29 bits per heavy atom. The minimum atomic E-state index is -1.19. The second-order valence-electron chi connectivity index (χ2n) is 7.37. The van der Waals surface area contributed by atoms with E-state index < -0.39 is 12.6 Å².